The number of anilines is 1. The van der Waals surface area contributed by atoms with Gasteiger partial charge in [-0.25, -0.2) is 15.6 Å². The van der Waals surface area contributed by atoms with Crippen LogP contribution in [-0.4, -0.2) is 17.0 Å². The van der Waals surface area contributed by atoms with Gasteiger partial charge in [-0.05, 0) is 37.5 Å². The van der Waals surface area contributed by atoms with E-state index in [0.717, 1.165) is 18.2 Å². The van der Waals surface area contributed by atoms with Gasteiger partial charge in [-0.2, -0.15) is 13.2 Å². The number of halogens is 3. The Labute approximate surface area is 123 Å². The lowest BCUT2D eigenvalue weighted by Gasteiger charge is -2.19. The number of carboxylic acid groups (broad SMARTS) is 1. The normalized spacial score (nSPS) is 15.1. The maximum Gasteiger partial charge on any atom is 0.416 e. The highest BCUT2D eigenvalue weighted by atomic mass is 19.4. The molecule has 0 heterocycles. The third-order valence-corrected chi connectivity index (χ3v) is 3.40. The van der Waals surface area contributed by atoms with Crippen LogP contribution in [0.1, 0.15) is 24.8 Å². The van der Waals surface area contributed by atoms with Crippen molar-refractivity contribution in [3.8, 4) is 0 Å². The largest absolute Gasteiger partial charge is 0.478 e. The van der Waals surface area contributed by atoms with E-state index in [2.05, 4.69) is 0 Å². The number of rotatable bonds is 3. The summed E-state index contributed by atoms with van der Waals surface area (Å²) in [7, 11) is 0. The first-order valence-electron chi connectivity index (χ1n) is 6.43. The molecule has 0 spiro atoms. The average molecular weight is 314 g/mol. The number of nitrogens with zero attached hydrogens (tertiary/aromatic N) is 1. The molecule has 1 aliphatic carbocycles. The van der Waals surface area contributed by atoms with Crippen LogP contribution in [0, 0.1) is 0 Å². The van der Waals surface area contributed by atoms with Crippen LogP contribution in [0.25, 0.3) is 0 Å². The van der Waals surface area contributed by atoms with Gasteiger partial charge >= 0.3 is 12.1 Å². The summed E-state index contributed by atoms with van der Waals surface area (Å²) in [5, 5.41) is 9.57. The lowest BCUT2D eigenvalue weighted by atomic mass is 10.1. The molecule has 0 unspecified atom stereocenters. The Morgan fingerprint density at radius 1 is 1.18 bits per heavy atom. The van der Waals surface area contributed by atoms with Gasteiger partial charge in [0.2, 0.25) is 0 Å². The topological polar surface area (TPSA) is 83.6 Å². The van der Waals surface area contributed by atoms with Crippen LogP contribution in [0.4, 0.5) is 18.9 Å². The van der Waals surface area contributed by atoms with Crippen LogP contribution in [0.2, 0.25) is 0 Å². The number of carbonyl (C=O) groups is 2. The Hall–Kier alpha value is -2.35. The third kappa shape index (κ3) is 3.11. The molecular formula is C14H13F3N2O3. The molecule has 0 aromatic heterocycles. The number of carbonyl (C=O) groups excluding carboxylic acids is 1. The second-order valence-electron chi connectivity index (χ2n) is 4.84. The number of amides is 1. The van der Waals surface area contributed by atoms with Crippen molar-refractivity contribution in [2.75, 3.05) is 5.01 Å². The fourth-order valence-corrected chi connectivity index (χ4v) is 2.31. The molecule has 1 aromatic rings. The Balaban J connectivity index is 2.32. The lowest BCUT2D eigenvalue weighted by molar-refractivity contribution is -0.137. The van der Waals surface area contributed by atoms with Crippen molar-refractivity contribution in [2.45, 2.75) is 25.4 Å². The molecule has 22 heavy (non-hydrogen) atoms. The predicted octanol–water partition coefficient (Wildman–Crippen LogP) is 2.48. The van der Waals surface area contributed by atoms with Gasteiger partial charge in [0.1, 0.15) is 0 Å². The van der Waals surface area contributed by atoms with Gasteiger partial charge in [0.05, 0.1) is 11.3 Å². The molecule has 0 saturated carbocycles. The zero-order valence-corrected chi connectivity index (χ0v) is 11.4. The van der Waals surface area contributed by atoms with E-state index in [0.29, 0.717) is 11.4 Å². The molecule has 5 nitrogen and oxygen atoms in total. The number of benzene rings is 1. The number of nitrogens with two attached hydrogens (primary N) is 1. The van der Waals surface area contributed by atoms with Crippen molar-refractivity contribution >= 4 is 17.6 Å². The van der Waals surface area contributed by atoms with E-state index >= 15 is 0 Å². The summed E-state index contributed by atoms with van der Waals surface area (Å²) >= 11 is 0. The Kier molecular flexibility index (Phi) is 4.23. The highest BCUT2D eigenvalue weighted by Crippen LogP contribution is 2.32. The van der Waals surface area contributed by atoms with E-state index in [9.17, 15) is 22.8 Å². The second kappa shape index (κ2) is 5.80. The van der Waals surface area contributed by atoms with Crippen molar-refractivity contribution in [3.05, 3.63) is 41.0 Å². The molecule has 0 fully saturated rings. The summed E-state index contributed by atoms with van der Waals surface area (Å²) in [6.45, 7) is 0. The summed E-state index contributed by atoms with van der Waals surface area (Å²) in [5.41, 5.74) is -1.09. The summed E-state index contributed by atoms with van der Waals surface area (Å²) < 4.78 is 38.0. The summed E-state index contributed by atoms with van der Waals surface area (Å²) in [4.78, 5) is 23.3. The minimum atomic E-state index is -4.56. The molecule has 0 radical (unpaired) electrons. The molecule has 0 aliphatic heterocycles. The first-order chi connectivity index (χ1) is 10.2. The van der Waals surface area contributed by atoms with E-state index in [1.807, 2.05) is 0 Å². The van der Waals surface area contributed by atoms with Gasteiger partial charge < -0.3 is 5.11 Å². The van der Waals surface area contributed by atoms with Crippen molar-refractivity contribution in [1.29, 1.82) is 0 Å². The zero-order valence-electron chi connectivity index (χ0n) is 11.4. The highest BCUT2D eigenvalue weighted by molar-refractivity contribution is 6.09. The van der Waals surface area contributed by atoms with Crippen LogP contribution >= 0.6 is 0 Å². The smallest absolute Gasteiger partial charge is 0.416 e. The summed E-state index contributed by atoms with van der Waals surface area (Å²) in [6.07, 6.45) is -3.57. The Morgan fingerprint density at radius 3 is 2.41 bits per heavy atom. The van der Waals surface area contributed by atoms with Gasteiger partial charge in [0.15, 0.2) is 0 Å². The molecule has 0 saturated heterocycles. The van der Waals surface area contributed by atoms with Crippen LogP contribution < -0.4 is 10.9 Å². The van der Waals surface area contributed by atoms with Crippen LogP contribution in [0.5, 0.6) is 0 Å². The molecule has 0 atom stereocenters. The fraction of sp³-hybridized carbons (Fsp3) is 0.286. The minimum Gasteiger partial charge on any atom is -0.478 e. The predicted molar refractivity (Wildman–Crippen MR) is 71.6 cm³/mol. The van der Waals surface area contributed by atoms with Crippen LogP contribution in [-0.2, 0) is 15.8 Å². The standard InChI is InChI=1S/C14H13F3N2O3/c15-14(16,17)8-3-1-4-9(7-8)19(18)12(20)10-5-2-6-11(10)13(21)22/h1,3-4,7H,2,5-6,18H2,(H,21,22). The van der Waals surface area contributed by atoms with Gasteiger partial charge in [-0.3, -0.25) is 4.79 Å². The molecule has 1 aromatic carbocycles. The van der Waals surface area contributed by atoms with E-state index in [-0.39, 0.29) is 29.7 Å². The molecule has 0 bridgehead atoms. The quantitative estimate of drug-likeness (QED) is 0.510. The SMILES string of the molecule is NN(C(=O)C1=C(C(=O)O)CCC1)c1cccc(C(F)(F)F)c1. The number of aliphatic carboxylic acids is 1. The monoisotopic (exact) mass is 314 g/mol. The first kappa shape index (κ1) is 16.0. The average Bonchev–Trinajstić information content (AvgIpc) is 2.94. The van der Waals surface area contributed by atoms with Crippen molar-refractivity contribution in [3.63, 3.8) is 0 Å². The Bertz CT molecular complexity index is 653. The molecule has 1 aliphatic rings. The summed E-state index contributed by atoms with van der Waals surface area (Å²) in [6, 6.07) is 3.99. The first-order valence-corrected chi connectivity index (χ1v) is 6.43. The van der Waals surface area contributed by atoms with E-state index in [1.54, 1.807) is 0 Å². The van der Waals surface area contributed by atoms with Gasteiger partial charge in [0.25, 0.3) is 5.91 Å². The van der Waals surface area contributed by atoms with Crippen molar-refractivity contribution in [2.24, 2.45) is 5.84 Å². The van der Waals surface area contributed by atoms with E-state index in [1.165, 1.54) is 6.07 Å². The van der Waals surface area contributed by atoms with E-state index < -0.39 is 23.6 Å². The lowest BCUT2D eigenvalue weighted by Crippen LogP contribution is -2.39. The zero-order chi connectivity index (χ0) is 16.5. The molecule has 3 N–H and O–H groups in total. The number of alkyl halides is 3. The number of carboxylic acids is 1. The van der Waals surface area contributed by atoms with E-state index in [4.69, 9.17) is 10.9 Å². The summed E-state index contributed by atoms with van der Waals surface area (Å²) in [5.74, 6) is 3.58. The van der Waals surface area contributed by atoms with Crippen molar-refractivity contribution < 1.29 is 27.9 Å². The molecule has 118 valence electrons. The maximum absolute atomic E-state index is 12.7. The minimum absolute atomic E-state index is 0.0346. The maximum atomic E-state index is 12.7. The third-order valence-electron chi connectivity index (χ3n) is 3.40. The number of hydrogen-bond acceptors (Lipinski definition) is 3. The number of hydrazine groups is 1. The molecule has 1 amide bonds. The van der Waals surface area contributed by atoms with Crippen LogP contribution in [0.15, 0.2) is 35.4 Å². The second-order valence-corrected chi connectivity index (χ2v) is 4.84. The Morgan fingerprint density at radius 2 is 1.82 bits per heavy atom. The fourth-order valence-electron chi connectivity index (χ4n) is 2.31. The number of hydrogen-bond donors (Lipinski definition) is 2. The molecule has 8 heteroatoms. The van der Waals surface area contributed by atoms with Gasteiger partial charge in [0, 0.05) is 11.1 Å². The molecular weight excluding hydrogens is 301 g/mol. The highest BCUT2D eigenvalue weighted by Gasteiger charge is 2.32. The van der Waals surface area contributed by atoms with Gasteiger partial charge in [-0.15, -0.1) is 0 Å². The molecule has 2 rings (SSSR count). The van der Waals surface area contributed by atoms with Gasteiger partial charge in [-0.1, -0.05) is 6.07 Å². The van der Waals surface area contributed by atoms with Crippen LogP contribution in [0.3, 0.4) is 0 Å². The van der Waals surface area contributed by atoms with Crippen molar-refractivity contribution in [1.82, 2.24) is 0 Å².